The third-order valence-electron chi connectivity index (χ3n) is 9.65. The first-order valence-electron chi connectivity index (χ1n) is 16.8. The summed E-state index contributed by atoms with van der Waals surface area (Å²) >= 11 is 1.86. The van der Waals surface area contributed by atoms with Gasteiger partial charge in [0, 0.05) is 36.9 Å². The molecule has 0 saturated carbocycles. The highest BCUT2D eigenvalue weighted by Crippen LogP contribution is 2.44. The molecule has 0 aliphatic carbocycles. The average Bonchev–Trinajstić information content (AvgIpc) is 3.70. The zero-order valence-corrected chi connectivity index (χ0v) is 28.6. The molecule has 3 heteroatoms. The molecule has 0 spiro atoms. The van der Waals surface area contributed by atoms with E-state index < -0.39 is 0 Å². The van der Waals surface area contributed by atoms with Gasteiger partial charge in [-0.15, -0.1) is 11.3 Å². The lowest BCUT2D eigenvalue weighted by atomic mass is 9.86. The number of nitrogens with zero attached hydrogens (tertiary/aromatic N) is 1. The van der Waals surface area contributed by atoms with Crippen LogP contribution in [0.15, 0.2) is 162 Å². The van der Waals surface area contributed by atoms with Gasteiger partial charge < -0.3 is 9.32 Å². The molecule has 0 radical (unpaired) electrons. The minimum absolute atomic E-state index is 0.0331. The van der Waals surface area contributed by atoms with E-state index in [2.05, 4.69) is 183 Å². The van der Waals surface area contributed by atoms with Crippen LogP contribution >= 0.6 is 11.3 Å². The Kier molecular flexibility index (Phi) is 6.93. The predicted molar refractivity (Wildman–Crippen MR) is 211 cm³/mol. The maximum absolute atomic E-state index is 6.54. The van der Waals surface area contributed by atoms with Crippen LogP contribution in [0.5, 0.6) is 0 Å². The molecule has 2 aromatic heterocycles. The highest BCUT2D eigenvalue weighted by Gasteiger charge is 2.21. The van der Waals surface area contributed by atoms with Gasteiger partial charge in [-0.3, -0.25) is 0 Å². The molecular weight excluding hydrogens is 615 g/mol. The summed E-state index contributed by atoms with van der Waals surface area (Å²) in [4.78, 5) is 2.36. The van der Waals surface area contributed by atoms with Crippen molar-refractivity contribution in [3.63, 3.8) is 0 Å². The second-order valence-corrected chi connectivity index (χ2v) is 14.9. The fourth-order valence-electron chi connectivity index (χ4n) is 7.03. The third kappa shape index (κ3) is 5.18. The molecule has 0 unspecified atom stereocenters. The van der Waals surface area contributed by atoms with Crippen molar-refractivity contribution >= 4 is 70.5 Å². The summed E-state index contributed by atoms with van der Waals surface area (Å²) in [5, 5.41) is 4.87. The summed E-state index contributed by atoms with van der Waals surface area (Å²) in [5.41, 5.74) is 11.2. The highest BCUT2D eigenvalue weighted by molar-refractivity contribution is 7.25. The minimum Gasteiger partial charge on any atom is -0.456 e. The van der Waals surface area contributed by atoms with Gasteiger partial charge in [0.2, 0.25) is 0 Å². The SMILES string of the molecule is CC(C)(C)c1ccc2c(c1)oc1cccc(N(c3ccc(-c4ccccc4)cc3)c3ccc(-c4ccc5sc6ccccc6c5c4)cc3)c12. The van der Waals surface area contributed by atoms with E-state index in [1.165, 1.54) is 48.0 Å². The van der Waals surface area contributed by atoms with Gasteiger partial charge in [-0.05, 0) is 93.9 Å². The molecule has 0 atom stereocenters. The van der Waals surface area contributed by atoms with Crippen LogP contribution in [0.25, 0.3) is 64.4 Å². The van der Waals surface area contributed by atoms with Gasteiger partial charge in [0.05, 0.1) is 11.1 Å². The van der Waals surface area contributed by atoms with E-state index >= 15 is 0 Å². The number of furan rings is 1. The van der Waals surface area contributed by atoms with Gasteiger partial charge >= 0.3 is 0 Å². The zero-order valence-electron chi connectivity index (χ0n) is 27.8. The Morgan fingerprint density at radius 1 is 0.469 bits per heavy atom. The summed E-state index contributed by atoms with van der Waals surface area (Å²) in [6, 6.07) is 57.1. The number of benzene rings is 7. The molecule has 0 saturated heterocycles. The van der Waals surface area contributed by atoms with Gasteiger partial charge in [-0.25, -0.2) is 0 Å². The molecule has 0 fully saturated rings. The van der Waals surface area contributed by atoms with E-state index in [0.717, 1.165) is 39.0 Å². The van der Waals surface area contributed by atoms with Crippen LogP contribution in [0, 0.1) is 0 Å². The van der Waals surface area contributed by atoms with Crippen molar-refractivity contribution in [3.8, 4) is 22.3 Å². The summed E-state index contributed by atoms with van der Waals surface area (Å²) < 4.78 is 9.19. The molecule has 0 bridgehead atoms. The van der Waals surface area contributed by atoms with Crippen molar-refractivity contribution in [2.75, 3.05) is 4.90 Å². The van der Waals surface area contributed by atoms with Gasteiger partial charge in [-0.2, -0.15) is 0 Å². The summed E-state index contributed by atoms with van der Waals surface area (Å²) in [6.07, 6.45) is 0. The minimum atomic E-state index is 0.0331. The van der Waals surface area contributed by atoms with Crippen molar-refractivity contribution in [2.45, 2.75) is 26.2 Å². The Morgan fingerprint density at radius 2 is 1.10 bits per heavy atom. The fourth-order valence-corrected chi connectivity index (χ4v) is 8.12. The first kappa shape index (κ1) is 29.5. The van der Waals surface area contributed by atoms with E-state index in [1.54, 1.807) is 0 Å². The van der Waals surface area contributed by atoms with Crippen LogP contribution in [-0.2, 0) is 5.41 Å². The summed E-state index contributed by atoms with van der Waals surface area (Å²) in [5.74, 6) is 0. The molecule has 0 N–H and O–H groups in total. The molecule has 236 valence electrons. The monoisotopic (exact) mass is 649 g/mol. The summed E-state index contributed by atoms with van der Waals surface area (Å²) in [6.45, 7) is 6.73. The molecule has 7 aromatic carbocycles. The Hall–Kier alpha value is -5.64. The van der Waals surface area contributed by atoms with E-state index in [-0.39, 0.29) is 5.41 Å². The second-order valence-electron chi connectivity index (χ2n) is 13.8. The number of thiophene rings is 1. The van der Waals surface area contributed by atoms with Crippen LogP contribution in [0.3, 0.4) is 0 Å². The molecular formula is C46H35NOS. The van der Waals surface area contributed by atoms with E-state index in [4.69, 9.17) is 4.42 Å². The number of rotatable bonds is 5. The Bertz CT molecular complexity index is 2620. The van der Waals surface area contributed by atoms with Crippen molar-refractivity contribution in [2.24, 2.45) is 0 Å². The number of hydrogen-bond donors (Lipinski definition) is 0. The van der Waals surface area contributed by atoms with E-state index in [0.29, 0.717) is 0 Å². The van der Waals surface area contributed by atoms with E-state index in [9.17, 15) is 0 Å². The lowest BCUT2D eigenvalue weighted by Gasteiger charge is -2.26. The fraction of sp³-hybridized carbons (Fsp3) is 0.0870. The molecule has 9 aromatic rings. The van der Waals surface area contributed by atoms with Crippen molar-refractivity contribution in [3.05, 3.63) is 163 Å². The predicted octanol–water partition coefficient (Wildman–Crippen LogP) is 14.1. The first-order chi connectivity index (χ1) is 23.9. The Balaban J connectivity index is 1.18. The van der Waals surface area contributed by atoms with Crippen LogP contribution < -0.4 is 4.90 Å². The molecule has 0 aliphatic heterocycles. The van der Waals surface area contributed by atoms with Crippen molar-refractivity contribution in [1.29, 1.82) is 0 Å². The smallest absolute Gasteiger partial charge is 0.137 e. The third-order valence-corrected chi connectivity index (χ3v) is 10.8. The van der Waals surface area contributed by atoms with Gasteiger partial charge in [0.1, 0.15) is 11.2 Å². The Morgan fingerprint density at radius 3 is 1.84 bits per heavy atom. The molecule has 2 heterocycles. The molecule has 49 heavy (non-hydrogen) atoms. The van der Waals surface area contributed by atoms with Crippen molar-refractivity contribution < 1.29 is 4.42 Å². The maximum atomic E-state index is 6.54. The van der Waals surface area contributed by atoms with Gasteiger partial charge in [0.25, 0.3) is 0 Å². The number of hydrogen-bond acceptors (Lipinski definition) is 3. The average molecular weight is 650 g/mol. The lowest BCUT2D eigenvalue weighted by molar-refractivity contribution is 0.587. The van der Waals surface area contributed by atoms with Crippen molar-refractivity contribution in [1.82, 2.24) is 0 Å². The van der Waals surface area contributed by atoms with Crippen LogP contribution in [0.4, 0.5) is 17.1 Å². The highest BCUT2D eigenvalue weighted by atomic mass is 32.1. The standard InChI is InChI=1S/C46H35NOS/c1-46(2,3)34-21-26-38-42(29-34)48-41-14-9-13-40(45(38)41)47(35-22-16-31(17-23-35)30-10-5-4-6-11-30)36-24-18-32(19-25-36)33-20-27-44-39(28-33)37-12-7-8-15-43(37)49-44/h4-29H,1-3H3. The summed E-state index contributed by atoms with van der Waals surface area (Å²) in [7, 11) is 0. The van der Waals surface area contributed by atoms with Gasteiger partial charge in [0.15, 0.2) is 0 Å². The van der Waals surface area contributed by atoms with Crippen LogP contribution in [0.2, 0.25) is 0 Å². The van der Waals surface area contributed by atoms with Crippen LogP contribution in [0.1, 0.15) is 26.3 Å². The second kappa shape index (κ2) is 11.5. The van der Waals surface area contributed by atoms with E-state index in [1.807, 2.05) is 11.3 Å². The number of fused-ring (bicyclic) bond motifs is 6. The maximum Gasteiger partial charge on any atom is 0.137 e. The molecule has 0 aliphatic rings. The quantitative estimate of drug-likeness (QED) is 0.184. The topological polar surface area (TPSA) is 16.4 Å². The van der Waals surface area contributed by atoms with Gasteiger partial charge in [-0.1, -0.05) is 118 Å². The largest absolute Gasteiger partial charge is 0.456 e. The Labute approximate surface area is 290 Å². The molecule has 9 rings (SSSR count). The first-order valence-corrected chi connectivity index (χ1v) is 17.7. The lowest BCUT2D eigenvalue weighted by Crippen LogP contribution is -2.10. The number of anilines is 3. The normalized spacial score (nSPS) is 12.0. The van der Waals surface area contributed by atoms with Crippen LogP contribution in [-0.4, -0.2) is 0 Å². The zero-order chi connectivity index (χ0) is 33.1. The molecule has 0 amide bonds. The molecule has 2 nitrogen and oxygen atoms in total.